The number of Topliss-reactive ketones (excluding diaryl/α,β-unsaturated/α-hetero) is 1. The predicted octanol–water partition coefficient (Wildman–Crippen LogP) is 4.50. The summed E-state index contributed by atoms with van der Waals surface area (Å²) in [7, 11) is -4.15. The van der Waals surface area contributed by atoms with Gasteiger partial charge in [-0.05, 0) is 67.3 Å². The summed E-state index contributed by atoms with van der Waals surface area (Å²) in [5.41, 5.74) is -1.00. The van der Waals surface area contributed by atoms with Gasteiger partial charge in [0.05, 0.1) is 34.3 Å². The Balaban J connectivity index is 1.46. The summed E-state index contributed by atoms with van der Waals surface area (Å²) >= 11 is 0. The molecule has 11 heteroatoms. The zero-order chi connectivity index (χ0) is 29.1. The highest BCUT2D eigenvalue weighted by Crippen LogP contribution is 2.59. The van der Waals surface area contributed by atoms with Crippen molar-refractivity contribution in [3.8, 4) is 17.2 Å². The molecule has 1 amide bonds. The van der Waals surface area contributed by atoms with Gasteiger partial charge in [0.2, 0.25) is 5.91 Å². The van der Waals surface area contributed by atoms with Crippen LogP contribution in [0.5, 0.6) is 0 Å². The van der Waals surface area contributed by atoms with Gasteiger partial charge in [0, 0.05) is 13.0 Å². The zero-order valence-electron chi connectivity index (χ0n) is 21.9. The number of carbonyl (C=O) groups is 2. The lowest BCUT2D eigenvalue weighted by molar-refractivity contribution is -0.199. The van der Waals surface area contributed by atoms with E-state index in [0.717, 1.165) is 10.5 Å². The number of hydrogen-bond acceptors (Lipinski definition) is 6. The van der Waals surface area contributed by atoms with Crippen LogP contribution in [0.2, 0.25) is 0 Å². The fourth-order valence-electron chi connectivity index (χ4n) is 5.76. The fourth-order valence-corrected chi connectivity index (χ4v) is 7.67. The maximum Gasteiger partial charge on any atom is 0.403 e. The van der Waals surface area contributed by atoms with Crippen LogP contribution in [0.3, 0.4) is 0 Å². The van der Waals surface area contributed by atoms with Gasteiger partial charge in [-0.3, -0.25) is 9.59 Å². The molecule has 2 saturated carbocycles. The Bertz CT molecular complexity index is 1520. The Morgan fingerprint density at radius 1 is 1.12 bits per heavy atom. The molecule has 0 spiro atoms. The minimum absolute atomic E-state index is 0.0316. The standard InChI is InChI=1S/C29H29F3N2O5S/c1-18-12-19(22-5-3-2-4-20(22)16-35)6-7-25(18)40(38,39)21-13-23(24(36)14-27(17-33)8-9-27)34(15-21)26(37)28(10-11-28)29(30,31)32/h2-7,12,21,23,35H,8-11,13-16H2,1H3/t21-,23+/m1/s1. The Hall–Kier alpha value is -3.23. The number of rotatable bonds is 8. The summed E-state index contributed by atoms with van der Waals surface area (Å²) in [6.07, 6.45) is -5.19. The van der Waals surface area contributed by atoms with Crippen molar-refractivity contribution < 1.29 is 36.3 Å². The number of alkyl halides is 3. The second-order valence-electron chi connectivity index (χ2n) is 11.3. The average Bonchev–Trinajstić information content (AvgIpc) is 3.84. The van der Waals surface area contributed by atoms with Gasteiger partial charge >= 0.3 is 6.18 Å². The van der Waals surface area contributed by atoms with E-state index in [1.165, 1.54) is 6.07 Å². The minimum atomic E-state index is -4.81. The molecule has 2 aromatic rings. The van der Waals surface area contributed by atoms with Crippen LogP contribution in [0.15, 0.2) is 47.4 Å². The first-order valence-electron chi connectivity index (χ1n) is 13.1. The van der Waals surface area contributed by atoms with Crippen LogP contribution in [0.4, 0.5) is 13.2 Å². The van der Waals surface area contributed by atoms with E-state index < -0.39 is 69.2 Å². The average molecular weight is 575 g/mol. The van der Waals surface area contributed by atoms with Crippen molar-refractivity contribution in [2.75, 3.05) is 6.54 Å². The number of aryl methyl sites for hydroxylation is 1. The Labute approximate surface area is 230 Å². The molecule has 0 bridgehead atoms. The number of halogens is 3. The second kappa shape index (κ2) is 9.70. The van der Waals surface area contributed by atoms with Crippen molar-refractivity contribution in [1.82, 2.24) is 4.90 Å². The van der Waals surface area contributed by atoms with Crippen molar-refractivity contribution >= 4 is 21.5 Å². The molecule has 2 atom stereocenters. The Kier molecular flexibility index (Phi) is 6.86. The number of benzene rings is 2. The maximum atomic E-state index is 13.8. The van der Waals surface area contributed by atoms with Crippen LogP contribution in [0.1, 0.15) is 49.7 Å². The summed E-state index contributed by atoms with van der Waals surface area (Å²) < 4.78 is 69.1. The van der Waals surface area contributed by atoms with Crippen LogP contribution >= 0.6 is 0 Å². The molecule has 1 heterocycles. The third-order valence-corrected chi connectivity index (χ3v) is 10.9. The summed E-state index contributed by atoms with van der Waals surface area (Å²) in [6.45, 7) is 0.873. The molecule has 0 unspecified atom stereocenters. The first-order valence-corrected chi connectivity index (χ1v) is 14.7. The molecule has 0 aromatic heterocycles. The lowest BCUT2D eigenvalue weighted by atomic mass is 9.95. The SMILES string of the molecule is Cc1cc(-c2ccccc2CO)ccc1S(=O)(=O)[C@@H]1C[C@@H](C(=O)CC2(C#N)CC2)N(C(=O)C2(C(F)(F)F)CC2)C1. The molecular formula is C29H29F3N2O5S. The molecule has 40 heavy (non-hydrogen) atoms. The molecule has 0 radical (unpaired) electrons. The number of aliphatic hydroxyl groups excluding tert-OH is 1. The van der Waals surface area contributed by atoms with E-state index in [9.17, 15) is 41.5 Å². The predicted molar refractivity (Wildman–Crippen MR) is 138 cm³/mol. The minimum Gasteiger partial charge on any atom is -0.392 e. The number of sulfone groups is 1. The van der Waals surface area contributed by atoms with Crippen molar-refractivity contribution in [2.24, 2.45) is 10.8 Å². The van der Waals surface area contributed by atoms with Gasteiger partial charge in [0.25, 0.3) is 0 Å². The number of amides is 1. The van der Waals surface area contributed by atoms with Gasteiger partial charge in [-0.25, -0.2) is 8.42 Å². The Morgan fingerprint density at radius 3 is 2.35 bits per heavy atom. The third-order valence-electron chi connectivity index (χ3n) is 8.62. The van der Waals surface area contributed by atoms with Gasteiger partial charge in [0.1, 0.15) is 5.41 Å². The number of hydrogen-bond donors (Lipinski definition) is 1. The van der Waals surface area contributed by atoms with Gasteiger partial charge in [0.15, 0.2) is 15.6 Å². The molecule has 3 aliphatic rings. The van der Waals surface area contributed by atoms with E-state index in [1.54, 1.807) is 43.3 Å². The van der Waals surface area contributed by atoms with E-state index in [-0.39, 0.29) is 24.3 Å². The zero-order valence-corrected chi connectivity index (χ0v) is 22.7. The molecule has 3 fully saturated rings. The summed E-state index contributed by atoms with van der Waals surface area (Å²) in [5.74, 6) is -1.83. The van der Waals surface area contributed by atoms with Gasteiger partial charge in [-0.15, -0.1) is 0 Å². The smallest absolute Gasteiger partial charge is 0.392 e. The maximum absolute atomic E-state index is 13.8. The molecule has 2 aromatic carbocycles. The monoisotopic (exact) mass is 574 g/mol. The summed E-state index contributed by atoms with van der Waals surface area (Å²) in [6, 6.07) is 12.5. The van der Waals surface area contributed by atoms with E-state index in [4.69, 9.17) is 0 Å². The van der Waals surface area contributed by atoms with Gasteiger partial charge in [-0.2, -0.15) is 18.4 Å². The van der Waals surface area contributed by atoms with Crippen molar-refractivity contribution in [2.45, 2.75) is 74.4 Å². The molecule has 2 aliphatic carbocycles. The van der Waals surface area contributed by atoms with E-state index in [2.05, 4.69) is 6.07 Å². The first kappa shape index (κ1) is 28.3. The number of nitriles is 1. The molecule has 1 aliphatic heterocycles. The quantitative estimate of drug-likeness (QED) is 0.496. The van der Waals surface area contributed by atoms with E-state index in [0.29, 0.717) is 29.5 Å². The number of aliphatic hydroxyl groups is 1. The first-order chi connectivity index (χ1) is 18.8. The molecule has 5 rings (SSSR count). The molecule has 1 N–H and O–H groups in total. The van der Waals surface area contributed by atoms with Crippen LogP contribution in [0.25, 0.3) is 11.1 Å². The fraction of sp³-hybridized carbons (Fsp3) is 0.483. The highest BCUT2D eigenvalue weighted by molar-refractivity contribution is 7.92. The normalized spacial score (nSPS) is 22.9. The van der Waals surface area contributed by atoms with Crippen LogP contribution < -0.4 is 0 Å². The number of likely N-dealkylation sites (tertiary alicyclic amines) is 1. The van der Waals surface area contributed by atoms with Crippen LogP contribution in [-0.2, 0) is 26.0 Å². The summed E-state index contributed by atoms with van der Waals surface area (Å²) in [4.78, 5) is 27.3. The highest BCUT2D eigenvalue weighted by atomic mass is 32.2. The topological polar surface area (TPSA) is 116 Å². The number of carbonyl (C=O) groups excluding carboxylic acids is 2. The largest absolute Gasteiger partial charge is 0.403 e. The molecule has 212 valence electrons. The molecule has 7 nitrogen and oxygen atoms in total. The van der Waals surface area contributed by atoms with E-state index in [1.807, 2.05) is 0 Å². The third kappa shape index (κ3) is 4.71. The Morgan fingerprint density at radius 2 is 1.80 bits per heavy atom. The van der Waals surface area contributed by atoms with Gasteiger partial charge < -0.3 is 10.0 Å². The number of nitrogens with zero attached hydrogens (tertiary/aromatic N) is 2. The molecule has 1 saturated heterocycles. The van der Waals surface area contributed by atoms with Crippen LogP contribution in [-0.4, -0.2) is 54.1 Å². The number of ketones is 1. The van der Waals surface area contributed by atoms with Crippen molar-refractivity contribution in [1.29, 1.82) is 5.26 Å². The lowest BCUT2D eigenvalue weighted by Gasteiger charge is -2.29. The van der Waals surface area contributed by atoms with E-state index >= 15 is 0 Å². The second-order valence-corrected chi connectivity index (χ2v) is 13.5. The molecular weight excluding hydrogens is 545 g/mol. The van der Waals surface area contributed by atoms with Crippen molar-refractivity contribution in [3.05, 3.63) is 53.6 Å². The van der Waals surface area contributed by atoms with Crippen LogP contribution in [0, 0.1) is 29.1 Å². The van der Waals surface area contributed by atoms with Crippen molar-refractivity contribution in [3.63, 3.8) is 0 Å². The van der Waals surface area contributed by atoms with Gasteiger partial charge in [-0.1, -0.05) is 36.4 Å². The highest BCUT2D eigenvalue weighted by Gasteiger charge is 2.70. The lowest BCUT2D eigenvalue weighted by Crippen LogP contribution is -2.49. The summed E-state index contributed by atoms with van der Waals surface area (Å²) in [5, 5.41) is 17.8.